The molecule has 0 radical (unpaired) electrons. The van der Waals surface area contributed by atoms with Crippen LogP contribution in [0.2, 0.25) is 0 Å². The van der Waals surface area contributed by atoms with E-state index in [-0.39, 0.29) is 0 Å². The molecule has 108 valence electrons. The molecular formula is C12H14N2O6. The van der Waals surface area contributed by atoms with Gasteiger partial charge in [-0.1, -0.05) is 5.92 Å². The quantitative estimate of drug-likeness (QED) is 0.446. The summed E-state index contributed by atoms with van der Waals surface area (Å²) >= 11 is 0. The van der Waals surface area contributed by atoms with Gasteiger partial charge < -0.3 is 20.1 Å². The summed E-state index contributed by atoms with van der Waals surface area (Å²) < 4.78 is 6.31. The summed E-state index contributed by atoms with van der Waals surface area (Å²) in [6, 6.07) is 1.08. The Hall–Kier alpha value is -1.92. The molecule has 0 amide bonds. The Morgan fingerprint density at radius 3 is 2.75 bits per heavy atom. The van der Waals surface area contributed by atoms with Gasteiger partial charge in [-0.2, -0.15) is 0 Å². The number of aliphatic hydroxyl groups is 3. The van der Waals surface area contributed by atoms with Crippen molar-refractivity contribution >= 4 is 0 Å². The molecule has 8 heteroatoms. The first-order chi connectivity index (χ1) is 9.45. The molecule has 0 bridgehead atoms. The standard InChI is InChI=1S/C12H14N2O6/c1-2-4-12(6-15)9(18)8(17)10(20-12)14-5-3-7(16)13-11(14)19/h3,5,8-10,15,17-18H,6H2,1H3,(H,13,16,19)/t8-,9+,10-,12-/m1/s1. The lowest BCUT2D eigenvalue weighted by atomic mass is 9.97. The molecule has 8 nitrogen and oxygen atoms in total. The van der Waals surface area contributed by atoms with E-state index in [1.165, 1.54) is 6.92 Å². The maximum atomic E-state index is 11.7. The van der Waals surface area contributed by atoms with E-state index in [9.17, 15) is 24.9 Å². The van der Waals surface area contributed by atoms with Gasteiger partial charge in [-0.05, 0) is 6.92 Å². The number of aromatic amines is 1. The zero-order valence-corrected chi connectivity index (χ0v) is 10.6. The second-order valence-electron chi connectivity index (χ2n) is 4.38. The molecule has 1 aliphatic rings. The first-order valence-corrected chi connectivity index (χ1v) is 5.85. The first-order valence-electron chi connectivity index (χ1n) is 5.85. The number of rotatable bonds is 2. The molecule has 1 fully saturated rings. The highest BCUT2D eigenvalue weighted by Crippen LogP contribution is 2.35. The van der Waals surface area contributed by atoms with Gasteiger partial charge in [0.1, 0.15) is 12.2 Å². The molecule has 1 aliphatic heterocycles. The van der Waals surface area contributed by atoms with E-state index in [0.29, 0.717) is 0 Å². The van der Waals surface area contributed by atoms with Crippen molar-refractivity contribution in [2.75, 3.05) is 6.61 Å². The Kier molecular flexibility index (Phi) is 3.78. The summed E-state index contributed by atoms with van der Waals surface area (Å²) in [6.07, 6.45) is -3.10. The molecule has 2 heterocycles. The Morgan fingerprint density at radius 1 is 1.50 bits per heavy atom. The number of H-pyrrole nitrogens is 1. The average Bonchev–Trinajstić information content (AvgIpc) is 2.65. The highest BCUT2D eigenvalue weighted by atomic mass is 16.6. The fourth-order valence-electron chi connectivity index (χ4n) is 2.12. The third-order valence-corrected chi connectivity index (χ3v) is 3.12. The molecule has 0 saturated carbocycles. The van der Waals surface area contributed by atoms with Crippen LogP contribution in [0.3, 0.4) is 0 Å². The van der Waals surface area contributed by atoms with Crippen LogP contribution in [-0.4, -0.2) is 49.3 Å². The fraction of sp³-hybridized carbons (Fsp3) is 0.500. The normalized spacial score (nSPS) is 32.7. The van der Waals surface area contributed by atoms with Crippen LogP contribution in [0.5, 0.6) is 0 Å². The second-order valence-corrected chi connectivity index (χ2v) is 4.38. The van der Waals surface area contributed by atoms with E-state index < -0.39 is 41.9 Å². The zero-order chi connectivity index (χ0) is 14.9. The number of nitrogens with one attached hydrogen (secondary N) is 1. The van der Waals surface area contributed by atoms with E-state index in [2.05, 4.69) is 11.8 Å². The average molecular weight is 282 g/mol. The minimum Gasteiger partial charge on any atom is -0.392 e. The van der Waals surface area contributed by atoms with Crippen LogP contribution < -0.4 is 11.2 Å². The Labute approximate surface area is 113 Å². The summed E-state index contributed by atoms with van der Waals surface area (Å²) in [6.45, 7) is 0.833. The molecule has 0 unspecified atom stereocenters. The van der Waals surface area contributed by atoms with Gasteiger partial charge in [0.25, 0.3) is 5.56 Å². The van der Waals surface area contributed by atoms with Crippen molar-refractivity contribution in [1.82, 2.24) is 9.55 Å². The Morgan fingerprint density at radius 2 is 2.20 bits per heavy atom. The van der Waals surface area contributed by atoms with Gasteiger partial charge in [0.2, 0.25) is 0 Å². The molecule has 4 N–H and O–H groups in total. The van der Waals surface area contributed by atoms with Crippen molar-refractivity contribution in [1.29, 1.82) is 0 Å². The molecular weight excluding hydrogens is 268 g/mol. The number of hydrogen-bond donors (Lipinski definition) is 4. The molecule has 1 saturated heterocycles. The molecule has 2 rings (SSSR count). The van der Waals surface area contributed by atoms with E-state index >= 15 is 0 Å². The summed E-state index contributed by atoms with van der Waals surface area (Å²) in [5.41, 5.74) is -3.07. The summed E-state index contributed by atoms with van der Waals surface area (Å²) in [5, 5.41) is 29.4. The Balaban J connectivity index is 2.46. The molecule has 1 aromatic rings. The lowest BCUT2D eigenvalue weighted by Gasteiger charge is -2.23. The van der Waals surface area contributed by atoms with E-state index in [4.69, 9.17) is 4.74 Å². The van der Waals surface area contributed by atoms with Gasteiger partial charge in [-0.25, -0.2) is 4.79 Å². The lowest BCUT2D eigenvalue weighted by Crippen LogP contribution is -2.45. The lowest BCUT2D eigenvalue weighted by molar-refractivity contribution is -0.0937. The van der Waals surface area contributed by atoms with Crippen molar-refractivity contribution in [3.63, 3.8) is 0 Å². The minimum absolute atomic E-state index is 0.596. The van der Waals surface area contributed by atoms with E-state index in [1.807, 2.05) is 4.98 Å². The smallest absolute Gasteiger partial charge is 0.330 e. The summed E-state index contributed by atoms with van der Waals surface area (Å²) in [5.74, 6) is 5.00. The van der Waals surface area contributed by atoms with Crippen molar-refractivity contribution in [3.05, 3.63) is 33.1 Å². The zero-order valence-electron chi connectivity index (χ0n) is 10.6. The van der Waals surface area contributed by atoms with Crippen LogP contribution in [0.4, 0.5) is 0 Å². The van der Waals surface area contributed by atoms with E-state index in [1.54, 1.807) is 0 Å². The number of ether oxygens (including phenoxy) is 1. The van der Waals surface area contributed by atoms with Crippen LogP contribution in [0, 0.1) is 11.8 Å². The molecule has 0 spiro atoms. The van der Waals surface area contributed by atoms with Gasteiger partial charge in [0, 0.05) is 12.3 Å². The predicted molar refractivity (Wildman–Crippen MR) is 66.7 cm³/mol. The largest absolute Gasteiger partial charge is 0.392 e. The van der Waals surface area contributed by atoms with Crippen LogP contribution in [-0.2, 0) is 4.74 Å². The molecule has 0 aliphatic carbocycles. The van der Waals surface area contributed by atoms with Crippen LogP contribution in [0.15, 0.2) is 21.9 Å². The fourth-order valence-corrected chi connectivity index (χ4v) is 2.12. The molecule has 0 aromatic carbocycles. The topological polar surface area (TPSA) is 125 Å². The van der Waals surface area contributed by atoms with Gasteiger partial charge in [-0.3, -0.25) is 14.3 Å². The highest BCUT2D eigenvalue weighted by molar-refractivity contribution is 5.21. The summed E-state index contributed by atoms with van der Waals surface area (Å²) in [7, 11) is 0. The van der Waals surface area contributed by atoms with Crippen molar-refractivity contribution in [2.24, 2.45) is 0 Å². The second kappa shape index (κ2) is 5.22. The third-order valence-electron chi connectivity index (χ3n) is 3.12. The van der Waals surface area contributed by atoms with Crippen LogP contribution >= 0.6 is 0 Å². The van der Waals surface area contributed by atoms with Gasteiger partial charge >= 0.3 is 5.69 Å². The van der Waals surface area contributed by atoms with Gasteiger partial charge in [0.15, 0.2) is 11.8 Å². The Bertz CT molecular complexity index is 669. The first kappa shape index (κ1) is 14.5. The molecule has 20 heavy (non-hydrogen) atoms. The predicted octanol–water partition coefficient (Wildman–Crippen LogP) is -2.46. The monoisotopic (exact) mass is 282 g/mol. The maximum Gasteiger partial charge on any atom is 0.330 e. The van der Waals surface area contributed by atoms with Crippen molar-refractivity contribution < 1.29 is 20.1 Å². The third kappa shape index (κ3) is 2.17. The highest BCUT2D eigenvalue weighted by Gasteiger charge is 2.54. The van der Waals surface area contributed by atoms with Crippen molar-refractivity contribution in [3.8, 4) is 11.8 Å². The summed E-state index contributed by atoms with van der Waals surface area (Å²) in [4.78, 5) is 24.7. The van der Waals surface area contributed by atoms with Crippen molar-refractivity contribution in [2.45, 2.75) is 31.0 Å². The van der Waals surface area contributed by atoms with Crippen LogP contribution in [0.25, 0.3) is 0 Å². The van der Waals surface area contributed by atoms with Gasteiger partial charge in [0.05, 0.1) is 6.61 Å². The molecule has 1 aromatic heterocycles. The number of aromatic nitrogens is 2. The number of nitrogens with zero attached hydrogens (tertiary/aromatic N) is 1. The number of hydrogen-bond acceptors (Lipinski definition) is 6. The minimum atomic E-state index is -1.67. The number of aliphatic hydroxyl groups excluding tert-OH is 3. The van der Waals surface area contributed by atoms with Crippen LogP contribution in [0.1, 0.15) is 13.2 Å². The maximum absolute atomic E-state index is 11.7. The SMILES string of the molecule is CC#C[C@]1(CO)O[C@@H](n2ccc(=O)[nH]c2=O)[C@H](O)[C@@H]1O. The van der Waals surface area contributed by atoms with Gasteiger partial charge in [-0.15, -0.1) is 5.92 Å². The molecule has 4 atom stereocenters. The van der Waals surface area contributed by atoms with E-state index in [0.717, 1.165) is 16.8 Å².